The Morgan fingerprint density at radius 2 is 2.15 bits per heavy atom. The summed E-state index contributed by atoms with van der Waals surface area (Å²) in [5.41, 5.74) is 3.94. The van der Waals surface area contributed by atoms with Gasteiger partial charge in [0.1, 0.15) is 0 Å². The molecule has 110 valence electrons. The van der Waals surface area contributed by atoms with Gasteiger partial charge in [-0.05, 0) is 51.1 Å². The number of hydrogen-bond acceptors (Lipinski definition) is 3. The summed E-state index contributed by atoms with van der Waals surface area (Å²) < 4.78 is 0. The predicted molar refractivity (Wildman–Crippen MR) is 84.1 cm³/mol. The minimum atomic E-state index is 0.783. The van der Waals surface area contributed by atoms with Crippen LogP contribution in [0.15, 0.2) is 12.3 Å². The summed E-state index contributed by atoms with van der Waals surface area (Å²) in [6.07, 6.45) is 9.10. The quantitative estimate of drug-likeness (QED) is 0.912. The molecule has 1 saturated heterocycles. The molecule has 20 heavy (non-hydrogen) atoms. The smallest absolute Gasteiger partial charge is 0.0448 e. The van der Waals surface area contributed by atoms with Crippen LogP contribution in [0, 0.1) is 12.8 Å². The van der Waals surface area contributed by atoms with E-state index in [0.717, 1.165) is 30.7 Å². The number of aryl methyl sites for hydroxylation is 1. The number of anilines is 1. The molecule has 1 saturated carbocycles. The van der Waals surface area contributed by atoms with Crippen LogP contribution in [0.2, 0.25) is 0 Å². The SMILES string of the molecule is CCNCc1cnc(C)cc1N1CCCC2CCCC21. The van der Waals surface area contributed by atoms with E-state index in [-0.39, 0.29) is 0 Å². The molecule has 3 rings (SSSR count). The first-order valence-corrected chi connectivity index (χ1v) is 8.22. The summed E-state index contributed by atoms with van der Waals surface area (Å²) in [6.45, 7) is 7.45. The van der Waals surface area contributed by atoms with Gasteiger partial charge in [-0.25, -0.2) is 0 Å². The second-order valence-electron chi connectivity index (χ2n) is 6.33. The van der Waals surface area contributed by atoms with Crippen molar-refractivity contribution >= 4 is 5.69 Å². The minimum absolute atomic E-state index is 0.783. The minimum Gasteiger partial charge on any atom is -0.368 e. The first-order valence-electron chi connectivity index (χ1n) is 8.22. The number of aromatic nitrogens is 1. The standard InChI is InChI=1S/C17H27N3/c1-3-18-11-15-12-19-13(2)10-17(15)20-9-5-7-14-6-4-8-16(14)20/h10,12,14,16,18H,3-9,11H2,1-2H3. The summed E-state index contributed by atoms with van der Waals surface area (Å²) >= 11 is 0. The van der Waals surface area contributed by atoms with Crippen LogP contribution >= 0.6 is 0 Å². The Hall–Kier alpha value is -1.09. The van der Waals surface area contributed by atoms with Gasteiger partial charge in [-0.1, -0.05) is 13.3 Å². The van der Waals surface area contributed by atoms with Crippen molar-refractivity contribution in [2.24, 2.45) is 5.92 Å². The highest BCUT2D eigenvalue weighted by Gasteiger charge is 2.35. The average molecular weight is 273 g/mol. The van der Waals surface area contributed by atoms with Crippen LogP contribution in [0.4, 0.5) is 5.69 Å². The average Bonchev–Trinajstić information content (AvgIpc) is 2.94. The van der Waals surface area contributed by atoms with Crippen molar-refractivity contribution in [2.75, 3.05) is 18.0 Å². The molecule has 1 N–H and O–H groups in total. The maximum absolute atomic E-state index is 4.51. The van der Waals surface area contributed by atoms with Gasteiger partial charge in [-0.2, -0.15) is 0 Å². The molecule has 2 unspecified atom stereocenters. The van der Waals surface area contributed by atoms with E-state index in [0.29, 0.717) is 0 Å². The number of rotatable bonds is 4. The van der Waals surface area contributed by atoms with E-state index < -0.39 is 0 Å². The fraction of sp³-hybridized carbons (Fsp3) is 0.706. The zero-order chi connectivity index (χ0) is 13.9. The molecule has 2 atom stereocenters. The molecule has 3 heteroatoms. The van der Waals surface area contributed by atoms with Crippen LogP contribution < -0.4 is 10.2 Å². The van der Waals surface area contributed by atoms with Gasteiger partial charge < -0.3 is 10.2 Å². The van der Waals surface area contributed by atoms with E-state index in [9.17, 15) is 0 Å². The van der Waals surface area contributed by atoms with E-state index in [2.05, 4.69) is 41.3 Å². The Balaban J connectivity index is 1.88. The van der Waals surface area contributed by atoms with E-state index in [4.69, 9.17) is 0 Å². The normalized spacial score (nSPS) is 25.8. The molecule has 1 aliphatic carbocycles. The van der Waals surface area contributed by atoms with E-state index in [1.807, 2.05) is 0 Å². The number of pyridine rings is 1. The zero-order valence-electron chi connectivity index (χ0n) is 12.9. The Morgan fingerprint density at radius 1 is 1.30 bits per heavy atom. The molecule has 0 aromatic carbocycles. The topological polar surface area (TPSA) is 28.2 Å². The molecule has 2 aliphatic rings. The van der Waals surface area contributed by atoms with Crippen LogP contribution in [0.3, 0.4) is 0 Å². The molecule has 2 heterocycles. The highest BCUT2D eigenvalue weighted by atomic mass is 15.2. The van der Waals surface area contributed by atoms with Crippen LogP contribution in [0.5, 0.6) is 0 Å². The van der Waals surface area contributed by atoms with Gasteiger partial charge in [-0.15, -0.1) is 0 Å². The molecule has 1 aliphatic heterocycles. The highest BCUT2D eigenvalue weighted by Crippen LogP contribution is 2.40. The van der Waals surface area contributed by atoms with Crippen molar-refractivity contribution in [3.8, 4) is 0 Å². The van der Waals surface area contributed by atoms with Crippen LogP contribution in [-0.2, 0) is 6.54 Å². The van der Waals surface area contributed by atoms with Crippen LogP contribution in [0.25, 0.3) is 0 Å². The number of piperidine rings is 1. The third kappa shape index (κ3) is 2.69. The van der Waals surface area contributed by atoms with Gasteiger partial charge >= 0.3 is 0 Å². The van der Waals surface area contributed by atoms with Crippen molar-refractivity contribution in [2.45, 2.75) is 58.5 Å². The fourth-order valence-corrected chi connectivity index (χ4v) is 3.99. The van der Waals surface area contributed by atoms with E-state index in [1.165, 1.54) is 49.9 Å². The third-order valence-electron chi connectivity index (χ3n) is 4.97. The molecule has 0 bridgehead atoms. The van der Waals surface area contributed by atoms with Gasteiger partial charge in [-0.3, -0.25) is 4.98 Å². The Kier molecular flexibility index (Phi) is 4.25. The monoisotopic (exact) mass is 273 g/mol. The second-order valence-corrected chi connectivity index (χ2v) is 6.33. The van der Waals surface area contributed by atoms with Gasteiger partial charge in [0.25, 0.3) is 0 Å². The maximum Gasteiger partial charge on any atom is 0.0448 e. The van der Waals surface area contributed by atoms with Crippen molar-refractivity contribution in [3.63, 3.8) is 0 Å². The first kappa shape index (κ1) is 13.9. The summed E-state index contributed by atoms with van der Waals surface area (Å²) in [4.78, 5) is 7.20. The molecule has 2 fully saturated rings. The Labute approximate surface area is 122 Å². The molecule has 0 radical (unpaired) electrons. The van der Waals surface area contributed by atoms with E-state index in [1.54, 1.807) is 0 Å². The highest BCUT2D eigenvalue weighted by molar-refractivity contribution is 5.55. The molecule has 1 aromatic heterocycles. The maximum atomic E-state index is 4.51. The first-order chi connectivity index (χ1) is 9.79. The molecular formula is C17H27N3. The number of nitrogens with one attached hydrogen (secondary N) is 1. The lowest BCUT2D eigenvalue weighted by molar-refractivity contribution is 0.361. The van der Waals surface area contributed by atoms with Gasteiger partial charge in [0.2, 0.25) is 0 Å². The number of hydrogen-bond donors (Lipinski definition) is 1. The molecule has 3 nitrogen and oxygen atoms in total. The Morgan fingerprint density at radius 3 is 3.00 bits per heavy atom. The predicted octanol–water partition coefficient (Wildman–Crippen LogP) is 3.27. The molecular weight excluding hydrogens is 246 g/mol. The summed E-state index contributed by atoms with van der Waals surface area (Å²) in [5.74, 6) is 0.934. The fourth-order valence-electron chi connectivity index (χ4n) is 3.99. The Bertz CT molecular complexity index is 458. The lowest BCUT2D eigenvalue weighted by atomic mass is 9.91. The molecule has 0 amide bonds. The van der Waals surface area contributed by atoms with E-state index >= 15 is 0 Å². The van der Waals surface area contributed by atoms with Crippen LogP contribution in [0.1, 0.15) is 50.3 Å². The summed E-state index contributed by atoms with van der Waals surface area (Å²) in [7, 11) is 0. The van der Waals surface area contributed by atoms with Crippen LogP contribution in [-0.4, -0.2) is 24.1 Å². The van der Waals surface area contributed by atoms with Gasteiger partial charge in [0.15, 0.2) is 0 Å². The van der Waals surface area contributed by atoms with Crippen molar-refractivity contribution in [3.05, 3.63) is 23.5 Å². The number of fused-ring (bicyclic) bond motifs is 1. The number of nitrogens with zero attached hydrogens (tertiary/aromatic N) is 2. The van der Waals surface area contributed by atoms with Gasteiger partial charge in [0.05, 0.1) is 0 Å². The van der Waals surface area contributed by atoms with Crippen molar-refractivity contribution in [1.29, 1.82) is 0 Å². The lowest BCUT2D eigenvalue weighted by Gasteiger charge is -2.40. The summed E-state index contributed by atoms with van der Waals surface area (Å²) in [6, 6.07) is 3.08. The summed E-state index contributed by atoms with van der Waals surface area (Å²) in [5, 5.41) is 3.46. The largest absolute Gasteiger partial charge is 0.368 e. The third-order valence-corrected chi connectivity index (χ3v) is 4.97. The molecule has 1 aromatic rings. The lowest BCUT2D eigenvalue weighted by Crippen LogP contribution is -2.43. The van der Waals surface area contributed by atoms with Crippen molar-refractivity contribution < 1.29 is 0 Å². The zero-order valence-corrected chi connectivity index (χ0v) is 12.9. The van der Waals surface area contributed by atoms with Crippen molar-refractivity contribution in [1.82, 2.24) is 10.3 Å². The van der Waals surface area contributed by atoms with Gasteiger partial charge in [0, 0.05) is 42.3 Å². The second kappa shape index (κ2) is 6.13. The molecule has 0 spiro atoms.